The fourth-order valence-corrected chi connectivity index (χ4v) is 4.38. The molecule has 2 aromatic rings. The number of hydrogen-bond acceptors (Lipinski definition) is 4. The second kappa shape index (κ2) is 6.52. The van der Waals surface area contributed by atoms with Gasteiger partial charge in [-0.2, -0.15) is 5.10 Å². The molecule has 4 rings (SSSR count). The Morgan fingerprint density at radius 2 is 2.04 bits per heavy atom. The molecule has 1 spiro atoms. The van der Waals surface area contributed by atoms with Crippen molar-refractivity contribution in [2.75, 3.05) is 33.3 Å². The van der Waals surface area contributed by atoms with Crippen molar-refractivity contribution in [1.82, 2.24) is 20.0 Å². The fraction of sp³-hybridized carbons (Fsp3) is 0.500. The summed E-state index contributed by atoms with van der Waals surface area (Å²) in [6, 6.07) is 10.3. The topological polar surface area (TPSA) is 72.5 Å². The largest absolute Gasteiger partial charge is 0.395 e. The van der Waals surface area contributed by atoms with Gasteiger partial charge in [-0.1, -0.05) is 31.2 Å². The molecule has 3 heterocycles. The quantitative estimate of drug-likeness (QED) is 0.878. The van der Waals surface area contributed by atoms with Crippen molar-refractivity contribution < 1.29 is 9.90 Å². The van der Waals surface area contributed by atoms with Gasteiger partial charge in [0.25, 0.3) is 5.91 Å². The van der Waals surface area contributed by atoms with Crippen LogP contribution in [0.2, 0.25) is 0 Å². The highest BCUT2D eigenvalue weighted by Crippen LogP contribution is 2.42. The van der Waals surface area contributed by atoms with Crippen LogP contribution in [0.15, 0.2) is 30.3 Å². The van der Waals surface area contributed by atoms with Gasteiger partial charge in [0, 0.05) is 36.7 Å². The van der Waals surface area contributed by atoms with E-state index in [0.717, 1.165) is 43.7 Å². The Balaban J connectivity index is 1.42. The molecule has 0 saturated carbocycles. The minimum absolute atomic E-state index is 0.00894. The van der Waals surface area contributed by atoms with E-state index in [4.69, 9.17) is 0 Å². The predicted molar refractivity (Wildman–Crippen MR) is 99.9 cm³/mol. The normalized spacial score (nSPS) is 22.0. The van der Waals surface area contributed by atoms with E-state index < -0.39 is 0 Å². The first kappa shape index (κ1) is 17.2. The van der Waals surface area contributed by atoms with Gasteiger partial charge in [0.2, 0.25) is 0 Å². The van der Waals surface area contributed by atoms with Crippen molar-refractivity contribution in [3.05, 3.63) is 41.6 Å². The monoisotopic (exact) mass is 354 g/mol. The van der Waals surface area contributed by atoms with Crippen LogP contribution < -0.4 is 0 Å². The predicted octanol–water partition coefficient (Wildman–Crippen LogP) is 1.78. The second-order valence-electron chi connectivity index (χ2n) is 7.83. The number of aliphatic hydroxyl groups excluding tert-OH is 1. The van der Waals surface area contributed by atoms with Gasteiger partial charge in [-0.3, -0.25) is 9.89 Å². The Labute approximate surface area is 153 Å². The third kappa shape index (κ3) is 2.93. The van der Waals surface area contributed by atoms with Crippen LogP contribution in [-0.2, 0) is 6.42 Å². The van der Waals surface area contributed by atoms with Crippen LogP contribution in [0.1, 0.15) is 29.4 Å². The maximum Gasteiger partial charge on any atom is 0.271 e. The number of aryl methyl sites for hydroxylation is 1. The molecule has 1 aromatic heterocycles. The zero-order valence-corrected chi connectivity index (χ0v) is 15.4. The Bertz CT molecular complexity index is 792. The molecule has 2 fully saturated rings. The minimum atomic E-state index is 0.00894. The Morgan fingerprint density at radius 3 is 2.65 bits per heavy atom. The van der Waals surface area contributed by atoms with Gasteiger partial charge in [0.1, 0.15) is 5.69 Å². The molecule has 0 bridgehead atoms. The number of likely N-dealkylation sites (tertiary alicyclic amines) is 2. The van der Waals surface area contributed by atoms with E-state index in [2.05, 4.69) is 34.2 Å². The number of nitrogens with zero attached hydrogens (tertiary/aromatic N) is 3. The molecule has 0 radical (unpaired) electrons. The molecule has 6 nitrogen and oxygen atoms in total. The molecule has 1 aromatic carbocycles. The lowest BCUT2D eigenvalue weighted by atomic mass is 9.77. The Kier molecular flexibility index (Phi) is 4.32. The fourth-order valence-electron chi connectivity index (χ4n) is 4.38. The molecule has 0 aliphatic carbocycles. The molecule has 2 aliphatic rings. The van der Waals surface area contributed by atoms with Gasteiger partial charge in [-0.15, -0.1) is 0 Å². The molecule has 2 aliphatic heterocycles. The van der Waals surface area contributed by atoms with Gasteiger partial charge in [-0.05, 0) is 31.5 Å². The number of likely N-dealkylation sites (N-methyl/N-ethyl adjacent to an activating group) is 1. The minimum Gasteiger partial charge on any atom is -0.395 e. The number of nitrogens with one attached hydrogen (secondary N) is 1. The smallest absolute Gasteiger partial charge is 0.271 e. The van der Waals surface area contributed by atoms with E-state index in [1.807, 2.05) is 30.1 Å². The number of amides is 1. The van der Waals surface area contributed by atoms with Crippen molar-refractivity contribution in [2.24, 2.45) is 5.41 Å². The summed E-state index contributed by atoms with van der Waals surface area (Å²) in [6.45, 7) is 4.77. The molecular weight excluding hydrogens is 328 g/mol. The van der Waals surface area contributed by atoms with E-state index in [-0.39, 0.29) is 24.0 Å². The maximum absolute atomic E-state index is 12.7. The van der Waals surface area contributed by atoms with E-state index in [1.54, 1.807) is 0 Å². The first-order valence-corrected chi connectivity index (χ1v) is 9.29. The summed E-state index contributed by atoms with van der Waals surface area (Å²) in [6.07, 6.45) is 1.97. The molecule has 1 amide bonds. The zero-order valence-electron chi connectivity index (χ0n) is 15.4. The molecule has 26 heavy (non-hydrogen) atoms. The van der Waals surface area contributed by atoms with Crippen molar-refractivity contribution >= 4 is 5.91 Å². The van der Waals surface area contributed by atoms with Crippen molar-refractivity contribution in [1.29, 1.82) is 0 Å². The summed E-state index contributed by atoms with van der Waals surface area (Å²) in [7, 11) is 2.05. The number of hydrogen-bond donors (Lipinski definition) is 2. The number of aromatic amines is 1. The van der Waals surface area contributed by atoms with Gasteiger partial charge in [-0.25, -0.2) is 0 Å². The lowest BCUT2D eigenvalue weighted by Gasteiger charge is -2.47. The van der Waals surface area contributed by atoms with Crippen molar-refractivity contribution in [3.63, 3.8) is 0 Å². The number of carbonyl (C=O) groups is 1. The summed E-state index contributed by atoms with van der Waals surface area (Å²) in [4.78, 5) is 16.8. The van der Waals surface area contributed by atoms with Crippen LogP contribution in [0.25, 0.3) is 11.3 Å². The molecule has 6 heteroatoms. The molecule has 2 N–H and O–H groups in total. The maximum atomic E-state index is 12.7. The number of benzene rings is 1. The van der Waals surface area contributed by atoms with Crippen LogP contribution in [0.5, 0.6) is 0 Å². The molecule has 2 saturated heterocycles. The highest BCUT2D eigenvalue weighted by atomic mass is 16.3. The summed E-state index contributed by atoms with van der Waals surface area (Å²) >= 11 is 0. The molecule has 1 unspecified atom stereocenters. The number of aliphatic hydroxyl groups is 1. The molecule has 138 valence electrons. The Morgan fingerprint density at radius 1 is 1.31 bits per heavy atom. The average molecular weight is 354 g/mol. The standard InChI is InChI=1S/C20H26N4O2/c1-3-14-4-6-15(7-5-14)17-8-18(22-21-17)19(26)24-12-20(13-24)9-16(10-25)23(2)11-20/h4-8,16,25H,3,9-13H2,1-2H3,(H,21,22). The number of aromatic nitrogens is 2. The third-order valence-electron chi connectivity index (χ3n) is 5.89. The summed E-state index contributed by atoms with van der Waals surface area (Å²) in [5.41, 5.74) is 3.79. The van der Waals surface area contributed by atoms with Crippen LogP contribution >= 0.6 is 0 Å². The van der Waals surface area contributed by atoms with Crippen LogP contribution in [0.3, 0.4) is 0 Å². The summed E-state index contributed by atoms with van der Waals surface area (Å²) in [5.74, 6) is 0.00894. The number of carbonyl (C=O) groups excluding carboxylic acids is 1. The van der Waals surface area contributed by atoms with Crippen LogP contribution in [-0.4, -0.2) is 70.3 Å². The number of rotatable bonds is 4. The molecule has 1 atom stereocenters. The van der Waals surface area contributed by atoms with E-state index in [9.17, 15) is 9.90 Å². The Hall–Kier alpha value is -2.18. The molecular formula is C20H26N4O2. The average Bonchev–Trinajstić information content (AvgIpc) is 3.25. The first-order valence-electron chi connectivity index (χ1n) is 9.29. The third-order valence-corrected chi connectivity index (χ3v) is 5.89. The lowest BCUT2D eigenvalue weighted by molar-refractivity contribution is 0.0109. The highest BCUT2D eigenvalue weighted by molar-refractivity contribution is 5.94. The number of H-pyrrole nitrogens is 1. The van der Waals surface area contributed by atoms with Crippen molar-refractivity contribution in [3.8, 4) is 11.3 Å². The summed E-state index contributed by atoms with van der Waals surface area (Å²) in [5, 5.41) is 16.7. The van der Waals surface area contributed by atoms with Crippen LogP contribution in [0, 0.1) is 5.41 Å². The first-order chi connectivity index (χ1) is 12.5. The van der Waals surface area contributed by atoms with Gasteiger partial charge < -0.3 is 14.9 Å². The van der Waals surface area contributed by atoms with Gasteiger partial charge in [0.15, 0.2) is 0 Å². The van der Waals surface area contributed by atoms with Gasteiger partial charge in [0.05, 0.1) is 12.3 Å². The zero-order chi connectivity index (χ0) is 18.3. The highest BCUT2D eigenvalue weighted by Gasteiger charge is 2.51. The second-order valence-corrected chi connectivity index (χ2v) is 7.83. The lowest BCUT2D eigenvalue weighted by Crippen LogP contribution is -2.59. The van der Waals surface area contributed by atoms with Crippen molar-refractivity contribution in [2.45, 2.75) is 25.8 Å². The summed E-state index contributed by atoms with van der Waals surface area (Å²) < 4.78 is 0. The van der Waals surface area contributed by atoms with E-state index in [0.29, 0.717) is 5.69 Å². The van der Waals surface area contributed by atoms with Gasteiger partial charge >= 0.3 is 0 Å². The van der Waals surface area contributed by atoms with E-state index >= 15 is 0 Å². The van der Waals surface area contributed by atoms with E-state index in [1.165, 1.54) is 5.56 Å². The van der Waals surface area contributed by atoms with Crippen LogP contribution in [0.4, 0.5) is 0 Å². The SMILES string of the molecule is CCc1ccc(-c2cc(C(=O)N3CC4(CC(CO)N(C)C4)C3)[nH]n2)cc1.